The van der Waals surface area contributed by atoms with Crippen molar-refractivity contribution in [2.45, 2.75) is 6.92 Å². The third-order valence-corrected chi connectivity index (χ3v) is 3.17. The number of anilines is 1. The molecule has 0 spiro atoms. The Balaban J connectivity index is 1.83. The van der Waals surface area contributed by atoms with E-state index >= 15 is 0 Å². The Morgan fingerprint density at radius 3 is 2.71 bits per heavy atom. The van der Waals surface area contributed by atoms with Gasteiger partial charge in [-0.05, 0) is 49.4 Å². The van der Waals surface area contributed by atoms with Gasteiger partial charge in [-0.3, -0.25) is 4.79 Å². The molecule has 0 radical (unpaired) electrons. The van der Waals surface area contributed by atoms with Gasteiger partial charge in [-0.25, -0.2) is 4.98 Å². The van der Waals surface area contributed by atoms with Crippen LogP contribution in [-0.4, -0.2) is 15.9 Å². The second-order valence-electron chi connectivity index (χ2n) is 4.73. The Kier molecular flexibility index (Phi) is 3.17. The highest BCUT2D eigenvalue weighted by atomic mass is 16.1. The number of hydrogen-bond donors (Lipinski definition) is 2. The number of amides is 1. The fourth-order valence-electron chi connectivity index (χ4n) is 2.14. The number of aromatic amines is 1. The molecule has 3 rings (SSSR count). The third-order valence-electron chi connectivity index (χ3n) is 3.17. The van der Waals surface area contributed by atoms with Gasteiger partial charge >= 0.3 is 0 Å². The van der Waals surface area contributed by atoms with Gasteiger partial charge in [0.05, 0.1) is 11.0 Å². The van der Waals surface area contributed by atoms with Crippen molar-refractivity contribution in [1.82, 2.24) is 9.97 Å². The lowest BCUT2D eigenvalue weighted by molar-refractivity contribution is 0.102. The average Bonchev–Trinajstić information content (AvgIpc) is 2.86. The van der Waals surface area contributed by atoms with Crippen molar-refractivity contribution in [2.75, 3.05) is 5.32 Å². The minimum Gasteiger partial charge on any atom is -0.342 e. The molecule has 0 aliphatic heterocycles. The number of rotatable bonds is 2. The van der Waals surface area contributed by atoms with Crippen LogP contribution in [0.25, 0.3) is 11.0 Å². The Labute approximate surface area is 122 Å². The molecule has 0 bridgehead atoms. The third kappa shape index (κ3) is 2.63. The zero-order valence-electron chi connectivity index (χ0n) is 11.5. The average molecular weight is 275 g/mol. The van der Waals surface area contributed by atoms with Crippen LogP contribution in [0.1, 0.15) is 21.7 Å². The Morgan fingerprint density at radius 1 is 1.24 bits per heavy atom. The maximum absolute atomic E-state index is 12.2. The van der Waals surface area contributed by atoms with Crippen molar-refractivity contribution < 1.29 is 4.79 Å². The smallest absolute Gasteiger partial charge is 0.255 e. The van der Waals surface area contributed by atoms with E-state index in [1.807, 2.05) is 25.1 Å². The quantitative estimate of drug-likeness (QED) is 0.706. The predicted molar refractivity (Wildman–Crippen MR) is 83.2 cm³/mol. The van der Waals surface area contributed by atoms with Gasteiger partial charge in [0.1, 0.15) is 5.82 Å². The molecule has 0 fully saturated rings. The lowest BCUT2D eigenvalue weighted by atomic mass is 10.1. The van der Waals surface area contributed by atoms with E-state index in [1.54, 1.807) is 24.3 Å². The minimum atomic E-state index is -0.172. The first-order valence-electron chi connectivity index (χ1n) is 6.50. The summed E-state index contributed by atoms with van der Waals surface area (Å²) in [5.74, 6) is 3.20. The summed E-state index contributed by atoms with van der Waals surface area (Å²) in [6.45, 7) is 1.89. The zero-order valence-corrected chi connectivity index (χ0v) is 11.5. The van der Waals surface area contributed by atoms with Crippen LogP contribution in [0, 0.1) is 19.3 Å². The summed E-state index contributed by atoms with van der Waals surface area (Å²) >= 11 is 0. The minimum absolute atomic E-state index is 0.172. The van der Waals surface area contributed by atoms with Crippen molar-refractivity contribution in [3.8, 4) is 12.3 Å². The molecule has 0 saturated heterocycles. The number of H-pyrrole nitrogens is 1. The van der Waals surface area contributed by atoms with E-state index in [0.717, 1.165) is 28.1 Å². The van der Waals surface area contributed by atoms with E-state index in [9.17, 15) is 4.79 Å². The lowest BCUT2D eigenvalue weighted by Crippen LogP contribution is -2.11. The Hall–Kier alpha value is -3.06. The lowest BCUT2D eigenvalue weighted by Gasteiger charge is -2.05. The van der Waals surface area contributed by atoms with Gasteiger partial charge in [-0.1, -0.05) is 5.92 Å². The van der Waals surface area contributed by atoms with E-state index in [2.05, 4.69) is 21.2 Å². The molecule has 1 heterocycles. The number of nitrogens with zero attached hydrogens (tertiary/aromatic N) is 1. The predicted octanol–water partition coefficient (Wildman–Crippen LogP) is 3.10. The first-order chi connectivity index (χ1) is 10.2. The molecular formula is C17H13N3O. The SMILES string of the molecule is C#Cc1ccc(C(=O)Nc2ccc3nc(C)[nH]c3c2)cc1. The highest BCUT2D eigenvalue weighted by Crippen LogP contribution is 2.18. The molecule has 2 aromatic carbocycles. The number of benzene rings is 2. The van der Waals surface area contributed by atoms with Gasteiger partial charge in [0.2, 0.25) is 0 Å². The van der Waals surface area contributed by atoms with Crippen LogP contribution in [0.5, 0.6) is 0 Å². The molecule has 4 heteroatoms. The number of imidazole rings is 1. The molecule has 21 heavy (non-hydrogen) atoms. The van der Waals surface area contributed by atoms with Gasteiger partial charge < -0.3 is 10.3 Å². The number of carbonyl (C=O) groups is 1. The zero-order chi connectivity index (χ0) is 14.8. The summed E-state index contributed by atoms with van der Waals surface area (Å²) in [4.78, 5) is 19.6. The van der Waals surface area contributed by atoms with Gasteiger partial charge in [0.25, 0.3) is 5.91 Å². The Bertz CT molecular complexity index is 854. The van der Waals surface area contributed by atoms with E-state index in [0.29, 0.717) is 5.56 Å². The van der Waals surface area contributed by atoms with Gasteiger partial charge in [0, 0.05) is 16.8 Å². The van der Waals surface area contributed by atoms with Gasteiger partial charge in [-0.2, -0.15) is 0 Å². The van der Waals surface area contributed by atoms with Crippen molar-refractivity contribution in [2.24, 2.45) is 0 Å². The molecule has 0 aliphatic rings. The first kappa shape index (κ1) is 12.9. The molecule has 0 atom stereocenters. The summed E-state index contributed by atoms with van der Waals surface area (Å²) < 4.78 is 0. The summed E-state index contributed by atoms with van der Waals surface area (Å²) in [7, 11) is 0. The number of terminal acetylenes is 1. The molecule has 0 saturated carbocycles. The number of carbonyl (C=O) groups excluding carboxylic acids is 1. The van der Waals surface area contributed by atoms with E-state index in [-0.39, 0.29) is 5.91 Å². The van der Waals surface area contributed by atoms with Crippen LogP contribution in [0.2, 0.25) is 0 Å². The van der Waals surface area contributed by atoms with E-state index < -0.39 is 0 Å². The van der Waals surface area contributed by atoms with Crippen molar-refractivity contribution in [1.29, 1.82) is 0 Å². The molecule has 3 aromatic rings. The van der Waals surface area contributed by atoms with Crippen LogP contribution in [-0.2, 0) is 0 Å². The molecular weight excluding hydrogens is 262 g/mol. The van der Waals surface area contributed by atoms with Gasteiger partial charge in [0.15, 0.2) is 0 Å². The molecule has 1 amide bonds. The monoisotopic (exact) mass is 275 g/mol. The second kappa shape index (κ2) is 5.14. The van der Waals surface area contributed by atoms with Crippen molar-refractivity contribution >= 4 is 22.6 Å². The maximum Gasteiger partial charge on any atom is 0.255 e. The highest BCUT2D eigenvalue weighted by molar-refractivity contribution is 6.05. The van der Waals surface area contributed by atoms with Crippen LogP contribution in [0.15, 0.2) is 42.5 Å². The van der Waals surface area contributed by atoms with Crippen LogP contribution in [0.3, 0.4) is 0 Å². The molecule has 102 valence electrons. The van der Waals surface area contributed by atoms with Gasteiger partial charge in [-0.15, -0.1) is 6.42 Å². The van der Waals surface area contributed by atoms with Crippen LogP contribution < -0.4 is 5.32 Å². The highest BCUT2D eigenvalue weighted by Gasteiger charge is 2.07. The summed E-state index contributed by atoms with van der Waals surface area (Å²) in [5, 5.41) is 2.86. The number of nitrogens with one attached hydrogen (secondary N) is 2. The molecule has 1 aromatic heterocycles. The topological polar surface area (TPSA) is 57.8 Å². The molecule has 2 N–H and O–H groups in total. The van der Waals surface area contributed by atoms with Crippen molar-refractivity contribution in [3.05, 3.63) is 59.4 Å². The molecule has 0 unspecified atom stereocenters. The fraction of sp³-hybridized carbons (Fsp3) is 0.0588. The number of aromatic nitrogens is 2. The van der Waals surface area contributed by atoms with Crippen LogP contribution >= 0.6 is 0 Å². The molecule has 4 nitrogen and oxygen atoms in total. The second-order valence-corrected chi connectivity index (χ2v) is 4.73. The number of hydrogen-bond acceptors (Lipinski definition) is 2. The van der Waals surface area contributed by atoms with E-state index in [4.69, 9.17) is 6.42 Å². The summed E-state index contributed by atoms with van der Waals surface area (Å²) in [6.07, 6.45) is 5.29. The van der Waals surface area contributed by atoms with Crippen molar-refractivity contribution in [3.63, 3.8) is 0 Å². The Morgan fingerprint density at radius 2 is 2.00 bits per heavy atom. The summed E-state index contributed by atoms with van der Waals surface area (Å²) in [5.41, 5.74) is 3.81. The number of aryl methyl sites for hydroxylation is 1. The van der Waals surface area contributed by atoms with Crippen LogP contribution in [0.4, 0.5) is 5.69 Å². The number of fused-ring (bicyclic) bond motifs is 1. The first-order valence-corrected chi connectivity index (χ1v) is 6.50. The van der Waals surface area contributed by atoms with E-state index in [1.165, 1.54) is 0 Å². The largest absolute Gasteiger partial charge is 0.342 e. The summed E-state index contributed by atoms with van der Waals surface area (Å²) in [6, 6.07) is 12.5. The molecule has 0 aliphatic carbocycles. The maximum atomic E-state index is 12.2. The fourth-order valence-corrected chi connectivity index (χ4v) is 2.14. The normalized spacial score (nSPS) is 10.3. The standard InChI is InChI=1S/C17H13N3O/c1-3-12-4-6-13(7-5-12)17(21)20-14-8-9-15-16(10-14)19-11(2)18-15/h1,4-10H,2H3,(H,18,19)(H,20,21).